The number of aliphatic hydroxyl groups excluding tert-OH is 1. The molecule has 1 unspecified atom stereocenters. The summed E-state index contributed by atoms with van der Waals surface area (Å²) in [5.41, 5.74) is 8.32. The van der Waals surface area contributed by atoms with E-state index in [4.69, 9.17) is 5.73 Å². The van der Waals surface area contributed by atoms with Gasteiger partial charge >= 0.3 is 0 Å². The lowest BCUT2D eigenvalue weighted by Crippen LogP contribution is -2.32. The van der Waals surface area contributed by atoms with Gasteiger partial charge in [0, 0.05) is 34.8 Å². The number of nitrogens with two attached hydrogens (primary N) is 1. The average molecular weight is 327 g/mol. The molecule has 1 atom stereocenters. The van der Waals surface area contributed by atoms with Crippen LogP contribution in [0.3, 0.4) is 0 Å². The Morgan fingerprint density at radius 3 is 2.71 bits per heavy atom. The minimum absolute atomic E-state index is 0.412. The predicted molar refractivity (Wildman–Crippen MR) is 96.6 cm³/mol. The number of fused-ring (bicyclic) bond motifs is 1. The number of carbonyl (C=O) groups is 1. The Bertz CT molecular complexity index is 757. The molecular formula is C19H25N3O2. The maximum absolute atomic E-state index is 11.1. The number of likely N-dealkylation sites (tertiary alicyclic amines) is 1. The van der Waals surface area contributed by atoms with Crippen LogP contribution in [0.2, 0.25) is 0 Å². The summed E-state index contributed by atoms with van der Waals surface area (Å²) in [4.78, 5) is 13.4. The van der Waals surface area contributed by atoms with Crippen LogP contribution in [0.5, 0.6) is 0 Å². The van der Waals surface area contributed by atoms with Crippen molar-refractivity contribution < 1.29 is 9.90 Å². The van der Waals surface area contributed by atoms with E-state index in [0.717, 1.165) is 35.2 Å². The molecule has 0 saturated carbocycles. The van der Waals surface area contributed by atoms with Crippen molar-refractivity contribution in [3.63, 3.8) is 0 Å². The van der Waals surface area contributed by atoms with E-state index in [9.17, 15) is 9.90 Å². The number of benzene rings is 1. The summed E-state index contributed by atoms with van der Waals surface area (Å²) in [6.45, 7) is 5.43. The van der Waals surface area contributed by atoms with Gasteiger partial charge < -0.3 is 20.3 Å². The highest BCUT2D eigenvalue weighted by Crippen LogP contribution is 2.27. The van der Waals surface area contributed by atoms with Gasteiger partial charge in [0.2, 0.25) is 5.91 Å². The molecule has 1 saturated heterocycles. The first-order valence-corrected chi connectivity index (χ1v) is 8.52. The topological polar surface area (TPSA) is 71.5 Å². The van der Waals surface area contributed by atoms with Crippen LogP contribution in [0.25, 0.3) is 17.0 Å². The minimum atomic E-state index is -0.458. The fourth-order valence-electron chi connectivity index (χ4n) is 3.60. The SMILES string of the molecule is Cc1c(/C=C/C(N)=O)c2ccccc2n1CC(O)CN1CCCC1. The average Bonchev–Trinajstić information content (AvgIpc) is 3.13. The molecule has 0 spiro atoms. The third kappa shape index (κ3) is 3.52. The summed E-state index contributed by atoms with van der Waals surface area (Å²) in [7, 11) is 0. The van der Waals surface area contributed by atoms with Crippen LogP contribution in [0.1, 0.15) is 24.1 Å². The molecule has 0 bridgehead atoms. The molecule has 2 heterocycles. The summed E-state index contributed by atoms with van der Waals surface area (Å²) in [5.74, 6) is -0.458. The number of primary amides is 1. The van der Waals surface area contributed by atoms with Crippen molar-refractivity contribution in [2.24, 2.45) is 5.73 Å². The number of β-amino-alcohol motifs (C(OH)–C–C–N with tert-alkyl or cyclic N) is 1. The molecule has 5 heteroatoms. The summed E-state index contributed by atoms with van der Waals surface area (Å²) in [6, 6.07) is 8.06. The van der Waals surface area contributed by atoms with Crippen LogP contribution in [0, 0.1) is 6.92 Å². The normalized spacial score (nSPS) is 17.1. The van der Waals surface area contributed by atoms with Gasteiger partial charge in [-0.15, -0.1) is 0 Å². The Morgan fingerprint density at radius 1 is 1.29 bits per heavy atom. The monoisotopic (exact) mass is 327 g/mol. The summed E-state index contributed by atoms with van der Waals surface area (Å²) >= 11 is 0. The number of hydrogen-bond acceptors (Lipinski definition) is 3. The molecule has 1 amide bonds. The first kappa shape index (κ1) is 16.7. The lowest BCUT2D eigenvalue weighted by atomic mass is 10.1. The van der Waals surface area contributed by atoms with E-state index in [0.29, 0.717) is 13.1 Å². The number of carbonyl (C=O) groups excluding carboxylic acids is 1. The lowest BCUT2D eigenvalue weighted by molar-refractivity contribution is -0.113. The second-order valence-electron chi connectivity index (χ2n) is 6.52. The van der Waals surface area contributed by atoms with Gasteiger partial charge in [-0.25, -0.2) is 0 Å². The van der Waals surface area contributed by atoms with Gasteiger partial charge in [-0.1, -0.05) is 18.2 Å². The highest BCUT2D eigenvalue weighted by molar-refractivity contribution is 5.96. The quantitative estimate of drug-likeness (QED) is 0.796. The first-order valence-electron chi connectivity index (χ1n) is 8.52. The van der Waals surface area contributed by atoms with Crippen molar-refractivity contribution in [3.8, 4) is 0 Å². The summed E-state index contributed by atoms with van der Waals surface area (Å²) in [6.07, 6.45) is 5.19. The molecule has 24 heavy (non-hydrogen) atoms. The maximum atomic E-state index is 11.1. The van der Waals surface area contributed by atoms with E-state index in [1.54, 1.807) is 6.08 Å². The third-order valence-corrected chi connectivity index (χ3v) is 4.75. The van der Waals surface area contributed by atoms with Crippen LogP contribution < -0.4 is 5.73 Å². The van der Waals surface area contributed by atoms with Gasteiger partial charge in [0.15, 0.2) is 0 Å². The largest absolute Gasteiger partial charge is 0.390 e. The van der Waals surface area contributed by atoms with E-state index in [1.165, 1.54) is 18.9 Å². The molecular weight excluding hydrogens is 302 g/mol. The second kappa shape index (κ2) is 7.20. The minimum Gasteiger partial charge on any atom is -0.390 e. The molecule has 1 fully saturated rings. The van der Waals surface area contributed by atoms with Crippen LogP contribution in [0.15, 0.2) is 30.3 Å². The van der Waals surface area contributed by atoms with Gasteiger partial charge in [-0.05, 0) is 45.0 Å². The van der Waals surface area contributed by atoms with Crippen molar-refractivity contribution >= 4 is 22.9 Å². The molecule has 1 aromatic heterocycles. The van der Waals surface area contributed by atoms with Gasteiger partial charge in [-0.3, -0.25) is 4.79 Å². The molecule has 1 aromatic carbocycles. The highest BCUT2D eigenvalue weighted by atomic mass is 16.3. The third-order valence-electron chi connectivity index (χ3n) is 4.75. The van der Waals surface area contributed by atoms with Crippen LogP contribution in [-0.4, -0.2) is 46.2 Å². The van der Waals surface area contributed by atoms with Crippen molar-refractivity contribution in [1.82, 2.24) is 9.47 Å². The molecule has 2 aromatic rings. The van der Waals surface area contributed by atoms with Gasteiger partial charge in [-0.2, -0.15) is 0 Å². The molecule has 1 aliphatic rings. The first-order chi connectivity index (χ1) is 11.6. The predicted octanol–water partition coefficient (Wildman–Crippen LogP) is 1.90. The number of rotatable bonds is 6. The standard InChI is InChI=1S/C19H25N3O2/c1-14-16(8-9-19(20)24)17-6-2-3-7-18(17)22(14)13-15(23)12-21-10-4-5-11-21/h2-3,6-9,15,23H,4-5,10-13H2,1H3,(H2,20,24)/b9-8+. The fraction of sp³-hybridized carbons (Fsp3) is 0.421. The molecule has 0 radical (unpaired) electrons. The van der Waals surface area contributed by atoms with E-state index >= 15 is 0 Å². The van der Waals surface area contributed by atoms with Crippen molar-refractivity contribution in [2.75, 3.05) is 19.6 Å². The van der Waals surface area contributed by atoms with Crippen molar-refractivity contribution in [1.29, 1.82) is 0 Å². The highest BCUT2D eigenvalue weighted by Gasteiger charge is 2.19. The molecule has 1 aliphatic heterocycles. The molecule has 3 rings (SSSR count). The van der Waals surface area contributed by atoms with Crippen LogP contribution in [-0.2, 0) is 11.3 Å². The Hall–Kier alpha value is -2.11. The van der Waals surface area contributed by atoms with Crippen molar-refractivity contribution in [2.45, 2.75) is 32.4 Å². The zero-order valence-electron chi connectivity index (χ0n) is 14.1. The number of para-hydroxylation sites is 1. The van der Waals surface area contributed by atoms with Crippen LogP contribution in [0.4, 0.5) is 0 Å². The molecule has 0 aliphatic carbocycles. The van der Waals surface area contributed by atoms with Gasteiger partial charge in [0.05, 0.1) is 12.6 Å². The Balaban J connectivity index is 1.89. The molecule has 5 nitrogen and oxygen atoms in total. The van der Waals surface area contributed by atoms with E-state index in [1.807, 2.05) is 31.2 Å². The number of amides is 1. The zero-order chi connectivity index (χ0) is 17.1. The zero-order valence-corrected chi connectivity index (χ0v) is 14.1. The lowest BCUT2D eigenvalue weighted by Gasteiger charge is -2.21. The Kier molecular flexibility index (Phi) is 5.02. The van der Waals surface area contributed by atoms with Crippen LogP contribution >= 0.6 is 0 Å². The Morgan fingerprint density at radius 2 is 2.00 bits per heavy atom. The van der Waals surface area contributed by atoms with Gasteiger partial charge in [0.1, 0.15) is 0 Å². The van der Waals surface area contributed by atoms with E-state index < -0.39 is 12.0 Å². The van der Waals surface area contributed by atoms with Gasteiger partial charge in [0.25, 0.3) is 0 Å². The number of hydrogen-bond donors (Lipinski definition) is 2. The number of nitrogens with zero attached hydrogens (tertiary/aromatic N) is 2. The molecule has 128 valence electrons. The Labute approximate surface area is 142 Å². The maximum Gasteiger partial charge on any atom is 0.241 e. The number of aromatic nitrogens is 1. The molecule has 3 N–H and O–H groups in total. The number of aliphatic hydroxyl groups is 1. The smallest absolute Gasteiger partial charge is 0.241 e. The summed E-state index contributed by atoms with van der Waals surface area (Å²) < 4.78 is 2.14. The van der Waals surface area contributed by atoms with Crippen molar-refractivity contribution in [3.05, 3.63) is 41.6 Å². The van der Waals surface area contributed by atoms with E-state index in [2.05, 4.69) is 9.47 Å². The summed E-state index contributed by atoms with van der Waals surface area (Å²) in [5, 5.41) is 11.6. The van der Waals surface area contributed by atoms with E-state index in [-0.39, 0.29) is 0 Å². The fourth-order valence-corrected chi connectivity index (χ4v) is 3.60. The second-order valence-corrected chi connectivity index (χ2v) is 6.52.